The summed E-state index contributed by atoms with van der Waals surface area (Å²) in [4.78, 5) is 10.8. The van der Waals surface area contributed by atoms with Crippen LogP contribution in [0.3, 0.4) is 0 Å². The van der Waals surface area contributed by atoms with E-state index in [1.54, 1.807) is 0 Å². The summed E-state index contributed by atoms with van der Waals surface area (Å²) in [6, 6.07) is 0. The molecule has 0 spiro atoms. The molecule has 0 heterocycles. The van der Waals surface area contributed by atoms with Crippen LogP contribution in [0.25, 0.3) is 0 Å². The predicted octanol–water partition coefficient (Wildman–Crippen LogP) is 3.54. The minimum Gasteiger partial charge on any atom is -0.463 e. The lowest BCUT2D eigenvalue weighted by molar-refractivity contribution is -0.146. The van der Waals surface area contributed by atoms with Crippen molar-refractivity contribution in [1.82, 2.24) is 0 Å². The van der Waals surface area contributed by atoms with Crippen molar-refractivity contribution in [2.45, 2.75) is 65.4 Å². The topological polar surface area (TPSA) is 26.3 Å². The first kappa shape index (κ1) is 11.9. The predicted molar refractivity (Wildman–Crippen MR) is 64.0 cm³/mol. The Morgan fingerprint density at radius 1 is 1.50 bits per heavy atom. The van der Waals surface area contributed by atoms with Gasteiger partial charge in [-0.2, -0.15) is 0 Å². The molecular formula is C14H24O2. The van der Waals surface area contributed by atoms with Crippen LogP contribution in [0.2, 0.25) is 0 Å². The van der Waals surface area contributed by atoms with E-state index in [1.165, 1.54) is 39.0 Å². The van der Waals surface area contributed by atoms with E-state index >= 15 is 0 Å². The van der Waals surface area contributed by atoms with Crippen LogP contribution in [-0.2, 0) is 9.53 Å². The van der Waals surface area contributed by atoms with Gasteiger partial charge in [-0.3, -0.25) is 4.79 Å². The standard InChI is InChI=1S/C14H24O2/c1-10(16-11(2)15)6-7-14(3)9-12-4-5-13(14)8-12/h10,12-13H,4-9H2,1-3H3/t10-,12-,13-,14-/m0/s1. The van der Waals surface area contributed by atoms with Crippen LogP contribution in [0.15, 0.2) is 0 Å². The fourth-order valence-corrected chi connectivity index (χ4v) is 3.90. The van der Waals surface area contributed by atoms with Gasteiger partial charge in [0.1, 0.15) is 0 Å². The first-order chi connectivity index (χ1) is 7.49. The summed E-state index contributed by atoms with van der Waals surface area (Å²) in [6.45, 7) is 5.95. The third-order valence-corrected chi connectivity index (χ3v) is 4.77. The van der Waals surface area contributed by atoms with Crippen molar-refractivity contribution in [2.75, 3.05) is 0 Å². The molecule has 92 valence electrons. The molecule has 0 aromatic carbocycles. The lowest BCUT2D eigenvalue weighted by atomic mass is 9.71. The number of carbonyl (C=O) groups excluding carboxylic acids is 1. The highest BCUT2D eigenvalue weighted by atomic mass is 16.5. The minimum absolute atomic E-state index is 0.0912. The molecule has 2 rings (SSSR count). The van der Waals surface area contributed by atoms with E-state index < -0.39 is 0 Å². The molecule has 16 heavy (non-hydrogen) atoms. The van der Waals surface area contributed by atoms with Gasteiger partial charge in [0, 0.05) is 6.92 Å². The van der Waals surface area contributed by atoms with E-state index in [-0.39, 0.29) is 12.1 Å². The van der Waals surface area contributed by atoms with E-state index in [1.807, 2.05) is 6.92 Å². The van der Waals surface area contributed by atoms with E-state index in [4.69, 9.17) is 4.74 Å². The Balaban J connectivity index is 1.79. The summed E-state index contributed by atoms with van der Waals surface area (Å²) < 4.78 is 5.20. The summed E-state index contributed by atoms with van der Waals surface area (Å²) >= 11 is 0. The van der Waals surface area contributed by atoms with Gasteiger partial charge in [-0.15, -0.1) is 0 Å². The first-order valence-corrected chi connectivity index (χ1v) is 6.67. The van der Waals surface area contributed by atoms with E-state index in [0.717, 1.165) is 18.3 Å². The maximum Gasteiger partial charge on any atom is 0.302 e. The Labute approximate surface area is 98.7 Å². The van der Waals surface area contributed by atoms with Crippen LogP contribution >= 0.6 is 0 Å². The molecule has 0 saturated heterocycles. The number of esters is 1. The van der Waals surface area contributed by atoms with Crippen LogP contribution in [0, 0.1) is 17.3 Å². The molecule has 2 saturated carbocycles. The van der Waals surface area contributed by atoms with Gasteiger partial charge < -0.3 is 4.74 Å². The average Bonchev–Trinajstić information content (AvgIpc) is 2.73. The Morgan fingerprint density at radius 3 is 2.75 bits per heavy atom. The van der Waals surface area contributed by atoms with Gasteiger partial charge in [-0.25, -0.2) is 0 Å². The molecule has 0 N–H and O–H groups in total. The highest BCUT2D eigenvalue weighted by molar-refractivity contribution is 5.66. The zero-order chi connectivity index (χ0) is 11.8. The van der Waals surface area contributed by atoms with Crippen LogP contribution in [0.5, 0.6) is 0 Å². The van der Waals surface area contributed by atoms with Crippen LogP contribution in [0.1, 0.15) is 59.3 Å². The molecule has 0 unspecified atom stereocenters. The second-order valence-corrected chi connectivity index (χ2v) is 6.19. The molecule has 2 fully saturated rings. The van der Waals surface area contributed by atoms with Gasteiger partial charge in [0.15, 0.2) is 0 Å². The monoisotopic (exact) mass is 224 g/mol. The summed E-state index contributed by atoms with van der Waals surface area (Å²) in [5.74, 6) is 1.80. The van der Waals surface area contributed by atoms with Crippen LogP contribution < -0.4 is 0 Å². The van der Waals surface area contributed by atoms with Crippen molar-refractivity contribution < 1.29 is 9.53 Å². The molecule has 0 aromatic rings. The lowest BCUT2D eigenvalue weighted by Gasteiger charge is -2.34. The Bertz CT molecular complexity index is 274. The van der Waals surface area contributed by atoms with Gasteiger partial charge in [0.25, 0.3) is 0 Å². The minimum atomic E-state index is -0.148. The van der Waals surface area contributed by atoms with Crippen molar-refractivity contribution in [3.05, 3.63) is 0 Å². The summed E-state index contributed by atoms with van der Waals surface area (Å²) in [5, 5.41) is 0. The van der Waals surface area contributed by atoms with Crippen LogP contribution in [0.4, 0.5) is 0 Å². The van der Waals surface area contributed by atoms with Gasteiger partial charge >= 0.3 is 5.97 Å². The maximum absolute atomic E-state index is 10.8. The number of ether oxygens (including phenoxy) is 1. The highest BCUT2D eigenvalue weighted by Gasteiger charge is 2.47. The molecule has 0 aromatic heterocycles. The second-order valence-electron chi connectivity index (χ2n) is 6.19. The molecule has 0 radical (unpaired) electrons. The largest absolute Gasteiger partial charge is 0.463 e. The summed E-state index contributed by atoms with van der Waals surface area (Å²) in [6.07, 6.45) is 8.10. The van der Waals surface area contributed by atoms with Gasteiger partial charge in [-0.1, -0.05) is 13.3 Å². The van der Waals surface area contributed by atoms with Crippen molar-refractivity contribution in [3.8, 4) is 0 Å². The molecule has 4 atom stereocenters. The fourth-order valence-electron chi connectivity index (χ4n) is 3.90. The number of rotatable bonds is 4. The molecule has 0 aliphatic heterocycles. The molecule has 2 aliphatic rings. The second kappa shape index (κ2) is 4.38. The number of carbonyl (C=O) groups is 1. The Morgan fingerprint density at radius 2 is 2.25 bits per heavy atom. The van der Waals surface area contributed by atoms with Gasteiger partial charge in [0.05, 0.1) is 6.10 Å². The van der Waals surface area contributed by atoms with Crippen molar-refractivity contribution in [3.63, 3.8) is 0 Å². The van der Waals surface area contributed by atoms with Crippen molar-refractivity contribution in [1.29, 1.82) is 0 Å². The third kappa shape index (κ3) is 2.41. The molecule has 2 bridgehead atoms. The Hall–Kier alpha value is -0.530. The molecule has 2 aliphatic carbocycles. The van der Waals surface area contributed by atoms with E-state index in [2.05, 4.69) is 6.92 Å². The van der Waals surface area contributed by atoms with Crippen molar-refractivity contribution >= 4 is 5.97 Å². The number of fused-ring (bicyclic) bond motifs is 2. The lowest BCUT2D eigenvalue weighted by Crippen LogP contribution is -2.26. The third-order valence-electron chi connectivity index (χ3n) is 4.77. The van der Waals surface area contributed by atoms with Gasteiger partial charge in [-0.05, 0) is 56.3 Å². The normalized spacial score (nSPS) is 38.7. The smallest absolute Gasteiger partial charge is 0.302 e. The van der Waals surface area contributed by atoms with E-state index in [9.17, 15) is 4.79 Å². The SMILES string of the molecule is CC(=O)O[C@@H](C)CC[C@@]1(C)C[C@H]2CC[C@H]1C2. The zero-order valence-corrected chi connectivity index (χ0v) is 10.8. The molecule has 2 nitrogen and oxygen atoms in total. The Kier molecular flexibility index (Phi) is 3.27. The fraction of sp³-hybridized carbons (Fsp3) is 0.929. The maximum atomic E-state index is 10.8. The van der Waals surface area contributed by atoms with Gasteiger partial charge in [0.2, 0.25) is 0 Å². The molecular weight excluding hydrogens is 200 g/mol. The van der Waals surface area contributed by atoms with E-state index in [0.29, 0.717) is 5.41 Å². The quantitative estimate of drug-likeness (QED) is 0.683. The summed E-state index contributed by atoms with van der Waals surface area (Å²) in [5.41, 5.74) is 0.539. The summed E-state index contributed by atoms with van der Waals surface area (Å²) in [7, 11) is 0. The first-order valence-electron chi connectivity index (χ1n) is 6.67. The highest BCUT2D eigenvalue weighted by Crippen LogP contribution is 2.57. The number of hydrogen-bond acceptors (Lipinski definition) is 2. The molecule has 0 amide bonds. The average molecular weight is 224 g/mol. The number of hydrogen-bond donors (Lipinski definition) is 0. The van der Waals surface area contributed by atoms with Crippen molar-refractivity contribution in [2.24, 2.45) is 17.3 Å². The van der Waals surface area contributed by atoms with Crippen LogP contribution in [-0.4, -0.2) is 12.1 Å². The molecule has 2 heteroatoms. The zero-order valence-electron chi connectivity index (χ0n) is 10.8.